The fourth-order valence-electron chi connectivity index (χ4n) is 5.41. The molecule has 11 nitrogen and oxygen atoms in total. The van der Waals surface area contributed by atoms with Crippen LogP contribution < -0.4 is 10.2 Å². The topological polar surface area (TPSA) is 122 Å². The van der Waals surface area contributed by atoms with E-state index in [1.807, 2.05) is 30.3 Å². The smallest absolute Gasteiger partial charge is 0.384 e. The van der Waals surface area contributed by atoms with Crippen molar-refractivity contribution in [2.75, 3.05) is 26.3 Å². The zero-order valence-electron chi connectivity index (χ0n) is 21.1. The number of hydrogen-bond acceptors (Lipinski definition) is 7. The van der Waals surface area contributed by atoms with Crippen molar-refractivity contribution in [2.45, 2.75) is 6.92 Å². The number of nitro groups is 1. The molecular weight excluding hydrogens is 521 g/mol. The number of carbonyl (C=O) groups is 1. The molecule has 3 aromatic carbocycles. The van der Waals surface area contributed by atoms with E-state index in [1.54, 1.807) is 15.5 Å². The molecule has 2 aliphatic heterocycles. The highest BCUT2D eigenvalue weighted by molar-refractivity contribution is 6.01. The van der Waals surface area contributed by atoms with E-state index in [0.717, 1.165) is 23.2 Å². The Morgan fingerprint density at radius 3 is 2.52 bits per heavy atom. The standard InChI is InChI=1S/C28H20FN5O6/c1-15-27(34(37)38)30-14-33(15)24-20(29)12-18-23-26(24)40-22-11-17-5-3-2-4-16(17)10-21(22)32(23)13-19(25(18)35)28(36)31-6-8-39-9-7-31/h2-5,10-14H,6-9H2,1H3. The van der Waals surface area contributed by atoms with Crippen LogP contribution in [0.3, 0.4) is 0 Å². The number of rotatable bonds is 3. The SMILES string of the molecule is Cc1c([N+](=O)[O-])ncn1-c1c(F)cc2c(=O)c(C(=O)N3CCOCC3)cn3c2c1Oc1cc2ccccc2cc1-3. The van der Waals surface area contributed by atoms with E-state index in [-0.39, 0.29) is 33.6 Å². The zero-order chi connectivity index (χ0) is 27.7. The quantitative estimate of drug-likeness (QED) is 0.242. The summed E-state index contributed by atoms with van der Waals surface area (Å²) in [5.74, 6) is -1.42. The number of benzene rings is 3. The molecule has 40 heavy (non-hydrogen) atoms. The minimum atomic E-state index is -0.859. The van der Waals surface area contributed by atoms with Crippen molar-refractivity contribution in [2.24, 2.45) is 0 Å². The summed E-state index contributed by atoms with van der Waals surface area (Å²) in [5.41, 5.74) is -0.0135. The Labute approximate surface area is 224 Å². The molecule has 2 aromatic heterocycles. The van der Waals surface area contributed by atoms with E-state index in [2.05, 4.69) is 4.98 Å². The van der Waals surface area contributed by atoms with Gasteiger partial charge in [-0.1, -0.05) is 24.3 Å². The third-order valence-corrected chi connectivity index (χ3v) is 7.39. The van der Waals surface area contributed by atoms with Crippen LogP contribution in [-0.2, 0) is 4.74 Å². The molecule has 0 radical (unpaired) electrons. The lowest BCUT2D eigenvalue weighted by Gasteiger charge is -2.29. The normalized spacial score (nSPS) is 14.3. The Kier molecular flexibility index (Phi) is 5.22. The van der Waals surface area contributed by atoms with E-state index in [0.29, 0.717) is 37.7 Å². The molecule has 0 saturated carbocycles. The number of carbonyl (C=O) groups excluding carboxylic acids is 1. The average molecular weight is 541 g/mol. The summed E-state index contributed by atoms with van der Waals surface area (Å²) in [6.07, 6.45) is 2.61. The van der Waals surface area contributed by atoms with Gasteiger partial charge in [0.15, 0.2) is 17.3 Å². The van der Waals surface area contributed by atoms with Gasteiger partial charge >= 0.3 is 5.82 Å². The number of pyridine rings is 1. The summed E-state index contributed by atoms with van der Waals surface area (Å²) >= 11 is 0. The number of hydrogen-bond donors (Lipinski definition) is 0. The van der Waals surface area contributed by atoms with Crippen molar-refractivity contribution < 1.29 is 23.6 Å². The first-order chi connectivity index (χ1) is 19.3. The number of imidazole rings is 1. The first kappa shape index (κ1) is 24.0. The second-order valence-electron chi connectivity index (χ2n) is 9.63. The van der Waals surface area contributed by atoms with Crippen LogP contribution in [0.25, 0.3) is 33.1 Å². The van der Waals surface area contributed by atoms with Crippen molar-refractivity contribution in [1.82, 2.24) is 19.0 Å². The molecule has 0 spiro atoms. The number of amides is 1. The summed E-state index contributed by atoms with van der Waals surface area (Å²) in [6.45, 7) is 2.82. The molecule has 12 heteroatoms. The minimum Gasteiger partial charge on any atom is -0.451 e. The van der Waals surface area contributed by atoms with Gasteiger partial charge in [0.1, 0.15) is 22.5 Å². The Balaban J connectivity index is 1.56. The van der Waals surface area contributed by atoms with E-state index < -0.39 is 27.9 Å². The maximum atomic E-state index is 15.9. The van der Waals surface area contributed by atoms with Gasteiger partial charge in [-0.25, -0.2) is 4.39 Å². The summed E-state index contributed by atoms with van der Waals surface area (Å²) in [6, 6.07) is 12.3. The van der Waals surface area contributed by atoms with Crippen molar-refractivity contribution in [3.8, 4) is 22.9 Å². The van der Waals surface area contributed by atoms with Crippen LogP contribution >= 0.6 is 0 Å². The van der Waals surface area contributed by atoms with E-state index in [4.69, 9.17) is 9.47 Å². The summed E-state index contributed by atoms with van der Waals surface area (Å²) in [4.78, 5) is 43.4. The van der Waals surface area contributed by atoms with E-state index in [9.17, 15) is 19.7 Å². The predicted molar refractivity (Wildman–Crippen MR) is 142 cm³/mol. The third kappa shape index (κ3) is 3.42. The van der Waals surface area contributed by atoms with Crippen LogP contribution in [0, 0.1) is 22.9 Å². The van der Waals surface area contributed by atoms with Gasteiger partial charge in [0, 0.05) is 19.3 Å². The number of aromatic nitrogens is 3. The summed E-state index contributed by atoms with van der Waals surface area (Å²) in [5, 5.41) is 13.2. The monoisotopic (exact) mass is 541 g/mol. The Morgan fingerprint density at radius 1 is 1.10 bits per heavy atom. The van der Waals surface area contributed by atoms with Crippen LogP contribution in [0.15, 0.2) is 59.8 Å². The second-order valence-corrected chi connectivity index (χ2v) is 9.63. The first-order valence-electron chi connectivity index (χ1n) is 12.5. The molecule has 0 atom stereocenters. The largest absolute Gasteiger partial charge is 0.451 e. The maximum Gasteiger partial charge on any atom is 0.384 e. The van der Waals surface area contributed by atoms with Gasteiger partial charge in [-0.3, -0.25) is 14.2 Å². The molecular formula is C28H20FN5O6. The molecule has 4 heterocycles. The highest BCUT2D eigenvalue weighted by Crippen LogP contribution is 2.46. The number of halogens is 1. The Bertz CT molecular complexity index is 1970. The molecule has 2 aliphatic rings. The molecule has 5 aromatic rings. The summed E-state index contributed by atoms with van der Waals surface area (Å²) < 4.78 is 30.5. The molecule has 0 bridgehead atoms. The van der Waals surface area contributed by atoms with Crippen LogP contribution in [0.4, 0.5) is 10.2 Å². The number of morpholine rings is 1. The number of ether oxygens (including phenoxy) is 2. The lowest BCUT2D eigenvalue weighted by atomic mass is 10.0. The second kappa shape index (κ2) is 8.71. The predicted octanol–water partition coefficient (Wildman–Crippen LogP) is 4.26. The fraction of sp³-hybridized carbons (Fsp3) is 0.179. The number of fused-ring (bicyclic) bond motifs is 3. The lowest BCUT2D eigenvalue weighted by Crippen LogP contribution is -2.42. The Hall–Kier alpha value is -5.10. The van der Waals surface area contributed by atoms with E-state index >= 15 is 4.39 Å². The van der Waals surface area contributed by atoms with Gasteiger partial charge in [0.05, 0.1) is 24.3 Å². The van der Waals surface area contributed by atoms with Crippen molar-refractivity contribution in [3.05, 3.63) is 92.4 Å². The number of nitrogens with zero attached hydrogens (tertiary/aromatic N) is 5. The zero-order valence-corrected chi connectivity index (χ0v) is 21.1. The van der Waals surface area contributed by atoms with Crippen LogP contribution in [0.2, 0.25) is 0 Å². The van der Waals surface area contributed by atoms with Crippen molar-refractivity contribution >= 4 is 33.4 Å². The molecule has 1 fully saturated rings. The molecule has 0 N–H and O–H groups in total. The molecule has 1 amide bonds. The molecule has 200 valence electrons. The average Bonchev–Trinajstić information content (AvgIpc) is 3.34. The molecule has 7 rings (SSSR count). The first-order valence-corrected chi connectivity index (χ1v) is 12.5. The minimum absolute atomic E-state index is 0.0179. The summed E-state index contributed by atoms with van der Waals surface area (Å²) in [7, 11) is 0. The molecule has 0 aliphatic carbocycles. The van der Waals surface area contributed by atoms with Gasteiger partial charge < -0.3 is 29.1 Å². The molecule has 0 unspecified atom stereocenters. The third-order valence-electron chi connectivity index (χ3n) is 7.39. The van der Waals surface area contributed by atoms with Gasteiger partial charge in [-0.2, -0.15) is 0 Å². The Morgan fingerprint density at radius 2 is 1.82 bits per heavy atom. The van der Waals surface area contributed by atoms with Crippen molar-refractivity contribution in [1.29, 1.82) is 0 Å². The molecule has 1 saturated heterocycles. The van der Waals surface area contributed by atoms with E-state index in [1.165, 1.54) is 17.7 Å². The van der Waals surface area contributed by atoms with Gasteiger partial charge in [-0.05, 0) is 45.8 Å². The van der Waals surface area contributed by atoms with Crippen LogP contribution in [0.5, 0.6) is 11.5 Å². The maximum absolute atomic E-state index is 15.9. The fourth-order valence-corrected chi connectivity index (χ4v) is 5.41. The van der Waals surface area contributed by atoms with Crippen LogP contribution in [0.1, 0.15) is 16.1 Å². The van der Waals surface area contributed by atoms with Crippen molar-refractivity contribution in [3.63, 3.8) is 0 Å². The van der Waals surface area contributed by atoms with Gasteiger partial charge in [0.25, 0.3) is 5.91 Å². The highest BCUT2D eigenvalue weighted by atomic mass is 19.1. The van der Waals surface area contributed by atoms with Crippen LogP contribution in [-0.4, -0.2) is 56.2 Å². The lowest BCUT2D eigenvalue weighted by molar-refractivity contribution is -0.389. The highest BCUT2D eigenvalue weighted by Gasteiger charge is 2.32. The van der Waals surface area contributed by atoms with Gasteiger partial charge in [-0.15, -0.1) is 0 Å². The van der Waals surface area contributed by atoms with Gasteiger partial charge in [0.2, 0.25) is 11.8 Å².